The molecule has 2 heterocycles. The number of carboxylic acid groups (broad SMARTS) is 1. The van der Waals surface area contributed by atoms with E-state index < -0.39 is 12.1 Å². The van der Waals surface area contributed by atoms with Crippen molar-refractivity contribution in [2.75, 3.05) is 6.61 Å². The van der Waals surface area contributed by atoms with Gasteiger partial charge in [0.05, 0.1) is 23.2 Å². The molecule has 0 aliphatic heterocycles. The number of rotatable bonds is 7. The average Bonchev–Trinajstić information content (AvgIpc) is 3.24. The van der Waals surface area contributed by atoms with Gasteiger partial charge in [-0.05, 0) is 31.4 Å². The van der Waals surface area contributed by atoms with Crippen molar-refractivity contribution in [3.05, 3.63) is 35.2 Å². The summed E-state index contributed by atoms with van der Waals surface area (Å²) in [5.74, 6) is -0.354. The van der Waals surface area contributed by atoms with E-state index in [0.29, 0.717) is 41.8 Å². The molecule has 0 amide bonds. The van der Waals surface area contributed by atoms with E-state index in [9.17, 15) is 9.59 Å². The van der Waals surface area contributed by atoms with Crippen molar-refractivity contribution in [2.45, 2.75) is 25.7 Å². The van der Waals surface area contributed by atoms with Gasteiger partial charge in [-0.1, -0.05) is 12.1 Å². The molecule has 26 heavy (non-hydrogen) atoms. The summed E-state index contributed by atoms with van der Waals surface area (Å²) >= 11 is 1.43. The van der Waals surface area contributed by atoms with Crippen molar-refractivity contribution in [3.8, 4) is 11.5 Å². The molecule has 0 atom stereocenters. The molecule has 1 N–H and O–H groups in total. The second-order valence-corrected chi connectivity index (χ2v) is 6.17. The Bertz CT molecular complexity index is 879. The number of carbonyl (C=O) groups is 2. The maximum atomic E-state index is 12.6. The molecule has 0 fully saturated rings. The first-order chi connectivity index (χ1) is 12.2. The number of unbranched alkanes of at least 4 members (excludes halogenated alkanes) is 2. The number of thiazole rings is 1. The van der Waals surface area contributed by atoms with Gasteiger partial charge in [0.25, 0.3) is 0 Å². The molecule has 0 aliphatic carbocycles. The fourth-order valence-corrected chi connectivity index (χ4v) is 3.02. The van der Waals surface area contributed by atoms with E-state index in [-0.39, 0.29) is 64.4 Å². The summed E-state index contributed by atoms with van der Waals surface area (Å²) in [5.41, 5.74) is 3.68. The van der Waals surface area contributed by atoms with Crippen LogP contribution in [0.1, 0.15) is 25.7 Å². The molecule has 9 heteroatoms. The van der Waals surface area contributed by atoms with Crippen LogP contribution in [0.5, 0.6) is 0 Å². The number of para-hydroxylation sites is 2. The Morgan fingerprint density at radius 2 is 2.00 bits per heavy atom. The third-order valence-corrected chi connectivity index (χ3v) is 4.25. The molecule has 0 saturated carbocycles. The summed E-state index contributed by atoms with van der Waals surface area (Å²) in [6.07, 6.45) is 1.52. The molecule has 7 nitrogen and oxygen atoms in total. The Kier molecular flexibility index (Phi) is 8.39. The molecule has 0 radical (unpaired) electrons. The van der Waals surface area contributed by atoms with Crippen molar-refractivity contribution < 1.29 is 19.4 Å². The van der Waals surface area contributed by atoms with Gasteiger partial charge in [-0.25, -0.2) is 19.3 Å². The van der Waals surface area contributed by atoms with E-state index in [4.69, 9.17) is 9.84 Å². The molecule has 0 unspecified atom stereocenters. The molecule has 3 aromatic rings. The van der Waals surface area contributed by atoms with E-state index in [1.54, 1.807) is 5.51 Å². The van der Waals surface area contributed by atoms with E-state index in [1.807, 2.05) is 29.6 Å². The number of benzene rings is 1. The van der Waals surface area contributed by atoms with Crippen LogP contribution in [-0.4, -0.2) is 89.7 Å². The SMILES string of the molecule is O=C(O)CCCCCOC(=O)n1c(-c2cscn2)nc2ccccc21.[KH]. The molecular weight excluding hydrogens is 381 g/mol. The first kappa shape index (κ1) is 21.2. The summed E-state index contributed by atoms with van der Waals surface area (Å²) < 4.78 is 6.78. The molecule has 3 rings (SSSR count). The first-order valence-corrected chi connectivity index (χ1v) is 8.86. The van der Waals surface area contributed by atoms with Crippen LogP contribution in [0.25, 0.3) is 22.6 Å². The van der Waals surface area contributed by atoms with Gasteiger partial charge in [0, 0.05) is 11.8 Å². The van der Waals surface area contributed by atoms with Gasteiger partial charge in [0.1, 0.15) is 5.69 Å². The number of aliphatic carboxylic acids is 1. The van der Waals surface area contributed by atoms with Gasteiger partial charge in [0.15, 0.2) is 5.82 Å². The first-order valence-electron chi connectivity index (χ1n) is 7.92. The zero-order valence-corrected chi connectivity index (χ0v) is 14.2. The molecule has 0 spiro atoms. The van der Waals surface area contributed by atoms with Gasteiger partial charge >= 0.3 is 63.4 Å². The summed E-state index contributed by atoms with van der Waals surface area (Å²) in [5, 5.41) is 10.4. The van der Waals surface area contributed by atoms with Crippen molar-refractivity contribution in [3.63, 3.8) is 0 Å². The van der Waals surface area contributed by atoms with Gasteiger partial charge in [0.2, 0.25) is 0 Å². The summed E-state index contributed by atoms with van der Waals surface area (Å²) in [4.78, 5) is 31.8. The predicted octanol–water partition coefficient (Wildman–Crippen LogP) is 3.14. The molecule has 132 valence electrons. The topological polar surface area (TPSA) is 94.3 Å². The van der Waals surface area contributed by atoms with Crippen LogP contribution in [0.2, 0.25) is 0 Å². The molecule has 1 aromatic carbocycles. The van der Waals surface area contributed by atoms with Crippen LogP contribution in [-0.2, 0) is 9.53 Å². The fourth-order valence-electron chi connectivity index (χ4n) is 2.48. The Morgan fingerprint density at radius 1 is 1.19 bits per heavy atom. The van der Waals surface area contributed by atoms with Crippen LogP contribution < -0.4 is 0 Å². The molecule has 2 aromatic heterocycles. The Labute approximate surface area is 196 Å². The average molecular weight is 400 g/mol. The summed E-state index contributed by atoms with van der Waals surface area (Å²) in [7, 11) is 0. The van der Waals surface area contributed by atoms with Crippen molar-refractivity contribution in [2.24, 2.45) is 0 Å². The standard InChI is InChI=1S/C17H17N3O4S.K.H/c21-15(22)8-2-1-5-9-24-17(23)20-14-7-4-3-6-12(14)19-16(20)13-10-25-11-18-13;;/h3-4,6-7,10-11H,1-2,5,8-9H2,(H,21,22);;. The van der Waals surface area contributed by atoms with Crippen molar-refractivity contribution in [1.29, 1.82) is 0 Å². The van der Waals surface area contributed by atoms with Crippen LogP contribution in [0.15, 0.2) is 35.2 Å². The second-order valence-electron chi connectivity index (χ2n) is 5.45. The van der Waals surface area contributed by atoms with Crippen LogP contribution in [0.4, 0.5) is 4.79 Å². The third-order valence-electron chi connectivity index (χ3n) is 3.67. The summed E-state index contributed by atoms with van der Waals surface area (Å²) in [6, 6.07) is 7.34. The number of hydrogen-bond acceptors (Lipinski definition) is 6. The molecular formula is C17H18KN3O4S. The van der Waals surface area contributed by atoms with Crippen molar-refractivity contribution in [1.82, 2.24) is 14.5 Å². The normalized spacial score (nSPS) is 10.5. The number of ether oxygens (including phenoxy) is 1. The van der Waals surface area contributed by atoms with Gasteiger partial charge in [-0.3, -0.25) is 4.79 Å². The summed E-state index contributed by atoms with van der Waals surface area (Å²) in [6.45, 7) is 0.238. The molecule has 0 aliphatic rings. The van der Waals surface area contributed by atoms with Gasteiger partial charge < -0.3 is 9.84 Å². The minimum absolute atomic E-state index is 0. The monoisotopic (exact) mass is 399 g/mol. The van der Waals surface area contributed by atoms with Crippen LogP contribution in [0.3, 0.4) is 0 Å². The van der Waals surface area contributed by atoms with Gasteiger partial charge in [-0.15, -0.1) is 11.3 Å². The third kappa shape index (κ3) is 5.21. The zero-order chi connectivity index (χ0) is 17.6. The predicted molar refractivity (Wildman–Crippen MR) is 101 cm³/mol. The van der Waals surface area contributed by atoms with Crippen molar-refractivity contribution >= 4 is 85.8 Å². The fraction of sp³-hybridized carbons (Fsp3) is 0.294. The van der Waals surface area contributed by atoms with E-state index in [2.05, 4.69) is 9.97 Å². The second kappa shape index (κ2) is 10.3. The quantitative estimate of drug-likeness (QED) is 0.484. The molecule has 0 bridgehead atoms. The number of aromatic nitrogens is 3. The van der Waals surface area contributed by atoms with Crippen LogP contribution in [0, 0.1) is 0 Å². The van der Waals surface area contributed by atoms with E-state index in [0.717, 1.165) is 0 Å². The minimum atomic E-state index is -0.810. The molecule has 0 saturated heterocycles. The number of imidazole rings is 1. The Morgan fingerprint density at radius 3 is 2.73 bits per heavy atom. The number of nitrogens with zero attached hydrogens (tertiary/aromatic N) is 3. The van der Waals surface area contributed by atoms with Gasteiger partial charge in [-0.2, -0.15) is 0 Å². The number of fused-ring (bicyclic) bond motifs is 1. The number of carbonyl (C=O) groups excluding carboxylic acids is 1. The van der Waals surface area contributed by atoms with E-state index in [1.165, 1.54) is 15.9 Å². The number of hydrogen-bond donors (Lipinski definition) is 1. The Balaban J connectivity index is 0.00000243. The number of carboxylic acids is 1. The van der Waals surface area contributed by atoms with Crippen LogP contribution >= 0.6 is 11.3 Å². The Hall–Kier alpha value is -1.10. The zero-order valence-electron chi connectivity index (χ0n) is 13.4. The maximum absolute atomic E-state index is 12.6. The van der Waals surface area contributed by atoms with E-state index >= 15 is 0 Å².